The van der Waals surface area contributed by atoms with Crippen molar-refractivity contribution in [1.29, 1.82) is 0 Å². The van der Waals surface area contributed by atoms with Gasteiger partial charge in [0.05, 0.1) is 5.25 Å². The summed E-state index contributed by atoms with van der Waals surface area (Å²) < 4.78 is 22.9. The summed E-state index contributed by atoms with van der Waals surface area (Å²) in [5.74, 6) is 0. The zero-order chi connectivity index (χ0) is 12.3. The summed E-state index contributed by atoms with van der Waals surface area (Å²) in [5, 5.41) is -0.477. The van der Waals surface area contributed by atoms with Gasteiger partial charge < -0.3 is 5.73 Å². The molecule has 0 radical (unpaired) electrons. The molecule has 16 heavy (non-hydrogen) atoms. The van der Waals surface area contributed by atoms with Crippen molar-refractivity contribution in [3.05, 3.63) is 34.9 Å². The Labute approximate surface area is 97.6 Å². The van der Waals surface area contributed by atoms with Crippen LogP contribution in [0.3, 0.4) is 0 Å². The third-order valence-corrected chi connectivity index (χ3v) is 4.47. The van der Waals surface area contributed by atoms with Crippen LogP contribution >= 0.6 is 0 Å². The van der Waals surface area contributed by atoms with Gasteiger partial charge in [0.15, 0.2) is 9.84 Å². The number of aryl methyl sites for hydroxylation is 2. The highest BCUT2D eigenvalue weighted by molar-refractivity contribution is 7.91. The topological polar surface area (TPSA) is 60.2 Å². The van der Waals surface area contributed by atoms with E-state index in [1.807, 2.05) is 32.0 Å². The van der Waals surface area contributed by atoms with Crippen LogP contribution in [0.2, 0.25) is 0 Å². The van der Waals surface area contributed by atoms with Gasteiger partial charge in [0.25, 0.3) is 0 Å². The lowest BCUT2D eigenvalue weighted by Gasteiger charge is -2.13. The van der Waals surface area contributed by atoms with Crippen LogP contribution in [0.4, 0.5) is 0 Å². The molecule has 90 valence electrons. The number of sulfone groups is 1. The summed E-state index contributed by atoms with van der Waals surface area (Å²) in [6.45, 7) is 4.23. The summed E-state index contributed by atoms with van der Waals surface area (Å²) in [4.78, 5) is 0. The van der Waals surface area contributed by atoms with Crippen molar-refractivity contribution >= 4 is 9.84 Å². The summed E-state index contributed by atoms with van der Waals surface area (Å²) in [7, 11) is -3.06. The van der Waals surface area contributed by atoms with E-state index in [9.17, 15) is 8.42 Å². The molecule has 3 nitrogen and oxygen atoms in total. The van der Waals surface area contributed by atoms with Gasteiger partial charge in [0, 0.05) is 12.8 Å². The molecule has 0 aliphatic heterocycles. The fourth-order valence-electron chi connectivity index (χ4n) is 1.60. The smallest absolute Gasteiger partial charge is 0.151 e. The first-order valence-electron chi connectivity index (χ1n) is 5.29. The molecule has 0 saturated carbocycles. The molecule has 0 amide bonds. The van der Waals surface area contributed by atoms with Crippen LogP contribution in [-0.4, -0.2) is 26.5 Å². The van der Waals surface area contributed by atoms with Gasteiger partial charge in [-0.3, -0.25) is 0 Å². The second-order valence-corrected chi connectivity index (χ2v) is 6.64. The molecular formula is C12H19NO2S. The van der Waals surface area contributed by atoms with E-state index in [0.717, 1.165) is 5.56 Å². The largest absolute Gasteiger partial charge is 0.329 e. The molecule has 1 unspecified atom stereocenters. The molecule has 0 saturated heterocycles. The lowest BCUT2D eigenvalue weighted by Crippen LogP contribution is -2.30. The van der Waals surface area contributed by atoms with Crippen molar-refractivity contribution < 1.29 is 8.42 Å². The SMILES string of the molecule is Cc1ccc(CC(CN)S(C)(=O)=O)cc1C. The second kappa shape index (κ2) is 4.97. The van der Waals surface area contributed by atoms with Crippen molar-refractivity contribution in [2.75, 3.05) is 12.8 Å². The molecule has 0 aliphatic rings. The predicted molar refractivity (Wildman–Crippen MR) is 67.3 cm³/mol. The van der Waals surface area contributed by atoms with E-state index in [1.54, 1.807) is 0 Å². The standard InChI is InChI=1S/C12H19NO2S/c1-9-4-5-11(6-10(9)2)7-12(8-13)16(3,14)15/h4-6,12H,7-8,13H2,1-3H3. The number of benzene rings is 1. The van der Waals surface area contributed by atoms with Gasteiger partial charge >= 0.3 is 0 Å². The highest BCUT2D eigenvalue weighted by atomic mass is 32.2. The van der Waals surface area contributed by atoms with Crippen LogP contribution in [0.15, 0.2) is 18.2 Å². The highest BCUT2D eigenvalue weighted by Gasteiger charge is 2.19. The lowest BCUT2D eigenvalue weighted by atomic mass is 10.0. The van der Waals surface area contributed by atoms with Gasteiger partial charge in [-0.2, -0.15) is 0 Å². The molecule has 1 aromatic carbocycles. The van der Waals surface area contributed by atoms with Crippen LogP contribution in [0.5, 0.6) is 0 Å². The number of rotatable bonds is 4. The molecule has 0 spiro atoms. The minimum Gasteiger partial charge on any atom is -0.329 e. The minimum absolute atomic E-state index is 0.172. The average Bonchev–Trinajstić information content (AvgIpc) is 2.18. The Morgan fingerprint density at radius 2 is 1.88 bits per heavy atom. The van der Waals surface area contributed by atoms with Crippen molar-refractivity contribution in [3.63, 3.8) is 0 Å². The maximum atomic E-state index is 11.4. The van der Waals surface area contributed by atoms with Crippen LogP contribution < -0.4 is 5.73 Å². The second-order valence-electron chi connectivity index (χ2n) is 4.31. The van der Waals surface area contributed by atoms with Gasteiger partial charge in [-0.15, -0.1) is 0 Å². The minimum atomic E-state index is -3.06. The Hall–Kier alpha value is -0.870. The lowest BCUT2D eigenvalue weighted by molar-refractivity contribution is 0.584. The Bertz CT molecular complexity index is 466. The fourth-order valence-corrected chi connectivity index (χ4v) is 2.45. The number of hydrogen-bond donors (Lipinski definition) is 1. The van der Waals surface area contributed by atoms with E-state index in [1.165, 1.54) is 17.4 Å². The molecular weight excluding hydrogens is 222 g/mol. The van der Waals surface area contributed by atoms with Crippen LogP contribution in [0.25, 0.3) is 0 Å². The average molecular weight is 241 g/mol. The maximum absolute atomic E-state index is 11.4. The molecule has 0 aromatic heterocycles. The van der Waals surface area contributed by atoms with Gasteiger partial charge in [-0.1, -0.05) is 18.2 Å². The molecule has 4 heteroatoms. The van der Waals surface area contributed by atoms with Gasteiger partial charge in [0.1, 0.15) is 0 Å². The predicted octanol–water partition coefficient (Wildman–Crippen LogP) is 1.22. The zero-order valence-corrected chi connectivity index (χ0v) is 10.8. The Morgan fingerprint density at radius 3 is 2.31 bits per heavy atom. The van der Waals surface area contributed by atoms with Crippen molar-refractivity contribution in [3.8, 4) is 0 Å². The zero-order valence-electron chi connectivity index (χ0n) is 10.0. The van der Waals surface area contributed by atoms with E-state index in [-0.39, 0.29) is 6.54 Å². The first-order valence-corrected chi connectivity index (χ1v) is 7.25. The molecule has 1 atom stereocenters. The Kier molecular flexibility index (Phi) is 4.10. The Balaban J connectivity index is 2.91. The molecule has 1 rings (SSSR count). The molecule has 2 N–H and O–H groups in total. The molecule has 0 heterocycles. The van der Waals surface area contributed by atoms with Gasteiger partial charge in [0.2, 0.25) is 0 Å². The van der Waals surface area contributed by atoms with Gasteiger partial charge in [-0.25, -0.2) is 8.42 Å². The van der Waals surface area contributed by atoms with Crippen molar-refractivity contribution in [2.45, 2.75) is 25.5 Å². The van der Waals surface area contributed by atoms with Crippen LogP contribution in [0.1, 0.15) is 16.7 Å². The first kappa shape index (κ1) is 13.2. The van der Waals surface area contributed by atoms with Crippen LogP contribution in [0, 0.1) is 13.8 Å². The highest BCUT2D eigenvalue weighted by Crippen LogP contribution is 2.13. The van der Waals surface area contributed by atoms with Gasteiger partial charge in [-0.05, 0) is 37.0 Å². The number of nitrogens with two attached hydrogens (primary N) is 1. The van der Waals surface area contributed by atoms with E-state index >= 15 is 0 Å². The van der Waals surface area contributed by atoms with Crippen molar-refractivity contribution in [2.24, 2.45) is 5.73 Å². The van der Waals surface area contributed by atoms with E-state index in [4.69, 9.17) is 5.73 Å². The normalized spacial score (nSPS) is 13.8. The Morgan fingerprint density at radius 1 is 1.25 bits per heavy atom. The first-order chi connectivity index (χ1) is 7.34. The third kappa shape index (κ3) is 3.32. The molecule has 0 aliphatic carbocycles. The van der Waals surface area contributed by atoms with E-state index < -0.39 is 15.1 Å². The van der Waals surface area contributed by atoms with Crippen molar-refractivity contribution in [1.82, 2.24) is 0 Å². The monoisotopic (exact) mass is 241 g/mol. The molecule has 1 aromatic rings. The summed E-state index contributed by atoms with van der Waals surface area (Å²) >= 11 is 0. The molecule has 0 bridgehead atoms. The maximum Gasteiger partial charge on any atom is 0.151 e. The summed E-state index contributed by atoms with van der Waals surface area (Å²) in [6.07, 6.45) is 1.74. The van der Waals surface area contributed by atoms with E-state index in [0.29, 0.717) is 6.42 Å². The summed E-state index contributed by atoms with van der Waals surface area (Å²) in [5.41, 5.74) is 8.92. The number of hydrogen-bond acceptors (Lipinski definition) is 3. The van der Waals surface area contributed by atoms with Crippen LogP contribution in [-0.2, 0) is 16.3 Å². The third-order valence-electron chi connectivity index (χ3n) is 2.90. The summed E-state index contributed by atoms with van der Waals surface area (Å²) in [6, 6.07) is 6.01. The quantitative estimate of drug-likeness (QED) is 0.862. The molecule has 0 fully saturated rings. The van der Waals surface area contributed by atoms with E-state index in [2.05, 4.69) is 0 Å². The fraction of sp³-hybridized carbons (Fsp3) is 0.500.